The highest BCUT2D eigenvalue weighted by molar-refractivity contribution is 5.97. The number of carbonyl (C=O) groups excluding carboxylic acids is 2. The van der Waals surface area contributed by atoms with Crippen LogP contribution in [0.15, 0.2) is 54.6 Å². The van der Waals surface area contributed by atoms with E-state index in [0.717, 1.165) is 11.1 Å². The predicted octanol–water partition coefficient (Wildman–Crippen LogP) is 3.01. The van der Waals surface area contributed by atoms with E-state index < -0.39 is 12.1 Å². The average molecular weight is 339 g/mol. The lowest BCUT2D eigenvalue weighted by molar-refractivity contribution is -0.125. The van der Waals surface area contributed by atoms with Crippen LogP contribution in [0.2, 0.25) is 0 Å². The molecule has 0 saturated carbocycles. The second kappa shape index (κ2) is 8.99. The summed E-state index contributed by atoms with van der Waals surface area (Å²) >= 11 is 0. The van der Waals surface area contributed by atoms with Gasteiger partial charge in [0.1, 0.15) is 6.04 Å². The van der Waals surface area contributed by atoms with Gasteiger partial charge in [-0.15, -0.1) is 0 Å². The van der Waals surface area contributed by atoms with Crippen molar-refractivity contribution in [2.75, 3.05) is 13.6 Å². The molecule has 5 heteroatoms. The largest absolute Gasteiger partial charge is 0.338 e. The minimum absolute atomic E-state index is 0.340. The van der Waals surface area contributed by atoms with E-state index in [-0.39, 0.29) is 5.91 Å². The first-order valence-corrected chi connectivity index (χ1v) is 8.41. The summed E-state index contributed by atoms with van der Waals surface area (Å²) in [6.07, 6.45) is 0. The highest BCUT2D eigenvalue weighted by Crippen LogP contribution is 2.22. The summed E-state index contributed by atoms with van der Waals surface area (Å²) in [5.74, 6) is -0.340. The van der Waals surface area contributed by atoms with Crippen LogP contribution in [0.4, 0.5) is 4.79 Å². The molecule has 25 heavy (non-hydrogen) atoms. The third-order valence-corrected chi connectivity index (χ3v) is 4.06. The molecule has 0 heterocycles. The van der Waals surface area contributed by atoms with Crippen molar-refractivity contribution in [3.63, 3.8) is 0 Å². The van der Waals surface area contributed by atoms with Gasteiger partial charge in [-0.2, -0.15) is 0 Å². The van der Waals surface area contributed by atoms with E-state index in [4.69, 9.17) is 0 Å². The topological polar surface area (TPSA) is 61.4 Å². The van der Waals surface area contributed by atoms with E-state index >= 15 is 0 Å². The summed E-state index contributed by atoms with van der Waals surface area (Å²) in [7, 11) is 1.89. The van der Waals surface area contributed by atoms with Crippen LogP contribution in [-0.2, 0) is 11.3 Å². The molecule has 0 bridgehead atoms. The number of hydrogen-bond donors (Lipinski definition) is 2. The van der Waals surface area contributed by atoms with Gasteiger partial charge in [-0.25, -0.2) is 4.79 Å². The summed E-state index contributed by atoms with van der Waals surface area (Å²) in [4.78, 5) is 26.4. The van der Waals surface area contributed by atoms with Gasteiger partial charge in [0, 0.05) is 13.1 Å². The first-order chi connectivity index (χ1) is 12.0. The van der Waals surface area contributed by atoms with E-state index in [1.54, 1.807) is 0 Å². The molecule has 3 amide bonds. The van der Waals surface area contributed by atoms with Crippen molar-refractivity contribution in [2.45, 2.75) is 26.4 Å². The normalized spacial score (nSPS) is 11.8. The zero-order chi connectivity index (χ0) is 18.2. The van der Waals surface area contributed by atoms with E-state index in [2.05, 4.69) is 29.7 Å². The van der Waals surface area contributed by atoms with Gasteiger partial charge in [0.2, 0.25) is 5.91 Å². The van der Waals surface area contributed by atoms with E-state index in [1.807, 2.05) is 61.3 Å². The molecule has 2 N–H and O–H groups in total. The van der Waals surface area contributed by atoms with Gasteiger partial charge in [0.25, 0.3) is 0 Å². The maximum atomic E-state index is 12.7. The van der Waals surface area contributed by atoms with Crippen molar-refractivity contribution in [2.24, 2.45) is 0 Å². The van der Waals surface area contributed by atoms with Gasteiger partial charge in [-0.05, 0) is 37.6 Å². The molecule has 0 unspecified atom stereocenters. The van der Waals surface area contributed by atoms with Crippen molar-refractivity contribution in [3.8, 4) is 0 Å². The number of amides is 3. The number of nitrogens with one attached hydrogen (secondary N) is 2. The lowest BCUT2D eigenvalue weighted by atomic mass is 10.0. The maximum Gasteiger partial charge on any atom is 0.321 e. The summed E-state index contributed by atoms with van der Waals surface area (Å²) in [5.41, 5.74) is 3.17. The number of carbonyl (C=O) groups is 2. The van der Waals surface area contributed by atoms with Crippen LogP contribution in [0.1, 0.15) is 29.7 Å². The molecule has 0 fully saturated rings. The number of likely N-dealkylation sites (N-methyl/N-ethyl adjacent to an activating group) is 1. The Morgan fingerprint density at radius 1 is 1.04 bits per heavy atom. The Hall–Kier alpha value is -2.66. The Labute approximate surface area is 149 Å². The van der Waals surface area contributed by atoms with Crippen molar-refractivity contribution in [3.05, 3.63) is 71.3 Å². The Balaban J connectivity index is 2.23. The summed E-state index contributed by atoms with van der Waals surface area (Å²) in [5, 5.41) is 5.02. The smallest absolute Gasteiger partial charge is 0.321 e. The third kappa shape index (κ3) is 5.16. The van der Waals surface area contributed by atoms with Crippen molar-refractivity contribution in [1.29, 1.82) is 0 Å². The van der Waals surface area contributed by atoms with Crippen molar-refractivity contribution in [1.82, 2.24) is 15.5 Å². The van der Waals surface area contributed by atoms with Crippen LogP contribution in [0.5, 0.6) is 0 Å². The third-order valence-electron chi connectivity index (χ3n) is 4.06. The number of benzene rings is 2. The zero-order valence-corrected chi connectivity index (χ0v) is 15.0. The first kappa shape index (κ1) is 18.7. The number of nitrogens with zero attached hydrogens (tertiary/aromatic N) is 1. The maximum absolute atomic E-state index is 12.7. The SMILES string of the molecule is CCNC(=O)NC(=O)[C@H](c1ccccc1)N(C)Cc1ccccc1C. The van der Waals surface area contributed by atoms with Crippen LogP contribution in [-0.4, -0.2) is 30.4 Å². The molecule has 0 radical (unpaired) electrons. The number of urea groups is 1. The molecule has 0 spiro atoms. The van der Waals surface area contributed by atoms with Crippen molar-refractivity contribution < 1.29 is 9.59 Å². The zero-order valence-electron chi connectivity index (χ0n) is 15.0. The molecular weight excluding hydrogens is 314 g/mol. The fourth-order valence-electron chi connectivity index (χ4n) is 2.77. The standard InChI is InChI=1S/C20H25N3O2/c1-4-21-20(25)22-19(24)18(16-11-6-5-7-12-16)23(3)14-17-13-9-8-10-15(17)2/h5-13,18H,4,14H2,1-3H3,(H2,21,22,24,25)/t18-/m0/s1. The van der Waals surface area contributed by atoms with Gasteiger partial charge >= 0.3 is 6.03 Å². The fourth-order valence-corrected chi connectivity index (χ4v) is 2.77. The minimum atomic E-state index is -0.552. The molecule has 132 valence electrons. The molecular formula is C20H25N3O2. The quantitative estimate of drug-likeness (QED) is 0.850. The number of rotatable bonds is 6. The van der Waals surface area contributed by atoms with Crippen LogP contribution in [0.25, 0.3) is 0 Å². The molecule has 2 aromatic rings. The molecule has 0 aliphatic carbocycles. The molecule has 0 saturated heterocycles. The molecule has 5 nitrogen and oxygen atoms in total. The highest BCUT2D eigenvalue weighted by Gasteiger charge is 2.26. The minimum Gasteiger partial charge on any atom is -0.338 e. The van der Waals surface area contributed by atoms with Crippen molar-refractivity contribution >= 4 is 11.9 Å². The molecule has 1 atom stereocenters. The Bertz CT molecular complexity index is 716. The summed E-state index contributed by atoms with van der Waals surface area (Å²) in [6.45, 7) is 4.93. The number of hydrogen-bond acceptors (Lipinski definition) is 3. The van der Waals surface area contributed by atoms with Gasteiger partial charge in [-0.3, -0.25) is 15.0 Å². The molecule has 2 aromatic carbocycles. The average Bonchev–Trinajstić information content (AvgIpc) is 2.58. The van der Waals surface area contributed by atoms with Crippen LogP contribution < -0.4 is 10.6 Å². The van der Waals surface area contributed by atoms with E-state index in [1.165, 1.54) is 5.56 Å². The molecule has 2 rings (SSSR count). The van der Waals surface area contributed by atoms with Gasteiger partial charge in [0.15, 0.2) is 0 Å². The molecule has 0 aromatic heterocycles. The number of aryl methyl sites for hydroxylation is 1. The van der Waals surface area contributed by atoms with Gasteiger partial charge < -0.3 is 5.32 Å². The van der Waals surface area contributed by atoms with Crippen LogP contribution in [0, 0.1) is 6.92 Å². The molecule has 0 aliphatic rings. The lowest BCUT2D eigenvalue weighted by Gasteiger charge is -2.28. The second-order valence-electron chi connectivity index (χ2n) is 6.00. The Morgan fingerprint density at radius 3 is 2.32 bits per heavy atom. The Morgan fingerprint density at radius 2 is 1.68 bits per heavy atom. The Kier molecular flexibility index (Phi) is 6.71. The number of imide groups is 1. The van der Waals surface area contributed by atoms with Gasteiger partial charge in [-0.1, -0.05) is 54.6 Å². The van der Waals surface area contributed by atoms with Crippen LogP contribution in [0.3, 0.4) is 0 Å². The van der Waals surface area contributed by atoms with Gasteiger partial charge in [0.05, 0.1) is 0 Å². The second-order valence-corrected chi connectivity index (χ2v) is 6.00. The fraction of sp³-hybridized carbons (Fsp3) is 0.300. The van der Waals surface area contributed by atoms with E-state index in [0.29, 0.717) is 13.1 Å². The van der Waals surface area contributed by atoms with E-state index in [9.17, 15) is 9.59 Å². The highest BCUT2D eigenvalue weighted by atomic mass is 16.2. The summed E-state index contributed by atoms with van der Waals surface area (Å²) < 4.78 is 0. The summed E-state index contributed by atoms with van der Waals surface area (Å²) in [6, 6.07) is 16.5. The lowest BCUT2D eigenvalue weighted by Crippen LogP contribution is -2.45. The predicted molar refractivity (Wildman–Crippen MR) is 99.0 cm³/mol. The molecule has 0 aliphatic heterocycles. The first-order valence-electron chi connectivity index (χ1n) is 8.41. The monoisotopic (exact) mass is 339 g/mol. The van der Waals surface area contributed by atoms with Crippen LogP contribution >= 0.6 is 0 Å².